The first-order chi connectivity index (χ1) is 9.44. The smallest absolute Gasteiger partial charge is 0.209 e. The van der Waals surface area contributed by atoms with Crippen LogP contribution in [-0.2, 0) is 21.2 Å². The molecule has 1 aromatic rings. The van der Waals surface area contributed by atoms with Gasteiger partial charge in [0.2, 0.25) is 10.0 Å². The maximum Gasteiger partial charge on any atom is 0.209 e. The highest BCUT2D eigenvalue weighted by Crippen LogP contribution is 2.15. The Kier molecular flexibility index (Phi) is 6.98. The van der Waals surface area contributed by atoms with Crippen molar-refractivity contribution in [1.82, 2.24) is 0 Å². The fraction of sp³-hybridized carbons (Fsp3) is 0.571. The zero-order valence-corrected chi connectivity index (χ0v) is 12.9. The highest BCUT2D eigenvalue weighted by atomic mass is 32.2. The molecule has 0 saturated heterocycles. The first-order valence-electron chi connectivity index (χ1n) is 6.65. The van der Waals surface area contributed by atoms with Crippen molar-refractivity contribution < 1.29 is 17.9 Å². The quantitative estimate of drug-likeness (QED) is 0.751. The van der Waals surface area contributed by atoms with Gasteiger partial charge in [0, 0.05) is 13.0 Å². The Morgan fingerprint density at radius 3 is 2.40 bits per heavy atom. The molecule has 5 nitrogen and oxygen atoms in total. The lowest BCUT2D eigenvalue weighted by molar-refractivity contribution is 0.202. The van der Waals surface area contributed by atoms with Gasteiger partial charge in [0.25, 0.3) is 0 Å². The van der Waals surface area contributed by atoms with Crippen molar-refractivity contribution in [2.24, 2.45) is 11.1 Å². The minimum absolute atomic E-state index is 0.0462. The molecule has 0 heterocycles. The van der Waals surface area contributed by atoms with Crippen molar-refractivity contribution in [3.05, 3.63) is 29.8 Å². The molecule has 0 saturated carbocycles. The van der Waals surface area contributed by atoms with Crippen LogP contribution in [0.25, 0.3) is 0 Å². The third-order valence-corrected chi connectivity index (χ3v) is 3.99. The van der Waals surface area contributed by atoms with Gasteiger partial charge in [0.05, 0.1) is 19.0 Å². The third-order valence-electron chi connectivity index (χ3n) is 3.05. The van der Waals surface area contributed by atoms with E-state index in [9.17, 15) is 8.42 Å². The molecule has 114 valence electrons. The lowest BCUT2D eigenvalue weighted by Gasteiger charge is -2.15. The zero-order chi connectivity index (χ0) is 15.0. The van der Waals surface area contributed by atoms with E-state index >= 15 is 0 Å². The van der Waals surface area contributed by atoms with Gasteiger partial charge >= 0.3 is 0 Å². The van der Waals surface area contributed by atoms with Crippen molar-refractivity contribution in [3.63, 3.8) is 0 Å². The number of benzene rings is 1. The predicted molar refractivity (Wildman–Crippen MR) is 79.3 cm³/mol. The number of primary sulfonamides is 1. The third kappa shape index (κ3) is 6.88. The van der Waals surface area contributed by atoms with Gasteiger partial charge in [-0.2, -0.15) is 0 Å². The Balaban J connectivity index is 2.47. The van der Waals surface area contributed by atoms with Crippen LogP contribution < -0.4 is 9.88 Å². The summed E-state index contributed by atoms with van der Waals surface area (Å²) >= 11 is 0. The summed E-state index contributed by atoms with van der Waals surface area (Å²) in [6.07, 6.45) is 1.57. The van der Waals surface area contributed by atoms with Crippen LogP contribution in [0.1, 0.15) is 18.9 Å². The average Bonchev–Trinajstić information content (AvgIpc) is 2.41. The van der Waals surface area contributed by atoms with Crippen LogP contribution in [-0.4, -0.2) is 34.5 Å². The van der Waals surface area contributed by atoms with Crippen LogP contribution in [0.2, 0.25) is 0 Å². The molecule has 20 heavy (non-hydrogen) atoms. The molecule has 1 aromatic carbocycles. The number of rotatable bonds is 9. The maximum absolute atomic E-state index is 11.1. The number of hydrogen-bond donors (Lipinski definition) is 1. The van der Waals surface area contributed by atoms with Gasteiger partial charge in [0.15, 0.2) is 0 Å². The fourth-order valence-electron chi connectivity index (χ4n) is 1.80. The van der Waals surface area contributed by atoms with Gasteiger partial charge in [-0.15, -0.1) is 0 Å². The molecule has 1 unspecified atom stereocenters. The molecule has 1 atom stereocenters. The summed E-state index contributed by atoms with van der Waals surface area (Å²) < 4.78 is 32.8. The van der Waals surface area contributed by atoms with E-state index < -0.39 is 10.0 Å². The van der Waals surface area contributed by atoms with E-state index in [-0.39, 0.29) is 11.7 Å². The van der Waals surface area contributed by atoms with E-state index in [1.165, 1.54) is 5.56 Å². The number of sulfonamides is 1. The second kappa shape index (κ2) is 8.24. The molecule has 1 rings (SSSR count). The molecule has 0 aliphatic heterocycles. The monoisotopic (exact) mass is 301 g/mol. The Labute approximate surface area is 121 Å². The summed E-state index contributed by atoms with van der Waals surface area (Å²) in [5, 5.41) is 5.05. The first kappa shape index (κ1) is 16.9. The van der Waals surface area contributed by atoms with Gasteiger partial charge < -0.3 is 9.47 Å². The summed E-state index contributed by atoms with van der Waals surface area (Å²) in [7, 11) is -1.78. The normalized spacial score (nSPS) is 13.2. The van der Waals surface area contributed by atoms with Crippen LogP contribution >= 0.6 is 0 Å². The highest BCUT2D eigenvalue weighted by molar-refractivity contribution is 7.89. The lowest BCUT2D eigenvalue weighted by atomic mass is 10.1. The van der Waals surface area contributed by atoms with Crippen molar-refractivity contribution in [3.8, 4) is 5.75 Å². The number of methoxy groups -OCH3 is 1. The topological polar surface area (TPSA) is 78.6 Å². The van der Waals surface area contributed by atoms with Crippen LogP contribution in [0.5, 0.6) is 5.75 Å². The molecule has 0 spiro atoms. The van der Waals surface area contributed by atoms with Gasteiger partial charge in [-0.25, -0.2) is 13.6 Å². The predicted octanol–water partition coefficient (Wildman–Crippen LogP) is 1.57. The largest absolute Gasteiger partial charge is 0.493 e. The Hall–Kier alpha value is -1.11. The minimum Gasteiger partial charge on any atom is -0.493 e. The summed E-state index contributed by atoms with van der Waals surface area (Å²) in [5.41, 5.74) is 1.18. The molecule has 0 amide bonds. The molecular weight excluding hydrogens is 278 g/mol. The van der Waals surface area contributed by atoms with E-state index in [1.54, 1.807) is 7.11 Å². The van der Waals surface area contributed by atoms with E-state index in [0.29, 0.717) is 19.6 Å². The molecule has 0 radical (unpaired) electrons. The van der Waals surface area contributed by atoms with Crippen LogP contribution in [0.3, 0.4) is 0 Å². The SMILES string of the molecule is CCC(COc1ccc(CCOC)cc1)CS(N)(=O)=O. The summed E-state index contributed by atoms with van der Waals surface area (Å²) in [6, 6.07) is 7.73. The lowest BCUT2D eigenvalue weighted by Crippen LogP contribution is -2.26. The van der Waals surface area contributed by atoms with E-state index in [1.807, 2.05) is 31.2 Å². The molecule has 6 heteroatoms. The summed E-state index contributed by atoms with van der Waals surface area (Å²) in [5.74, 6) is 0.604. The summed E-state index contributed by atoms with van der Waals surface area (Å²) in [4.78, 5) is 0. The van der Waals surface area contributed by atoms with Crippen LogP contribution in [0.15, 0.2) is 24.3 Å². The number of nitrogens with two attached hydrogens (primary N) is 1. The van der Waals surface area contributed by atoms with Crippen molar-refractivity contribution in [2.45, 2.75) is 19.8 Å². The van der Waals surface area contributed by atoms with Crippen molar-refractivity contribution in [2.75, 3.05) is 26.1 Å². The molecule has 0 aromatic heterocycles. The number of ether oxygens (including phenoxy) is 2. The minimum atomic E-state index is -3.45. The molecule has 0 fully saturated rings. The molecule has 0 aliphatic rings. The van der Waals surface area contributed by atoms with Crippen molar-refractivity contribution >= 4 is 10.0 Å². The first-order valence-corrected chi connectivity index (χ1v) is 8.37. The molecular formula is C14H23NO4S. The van der Waals surface area contributed by atoms with Crippen LogP contribution in [0.4, 0.5) is 0 Å². The number of hydrogen-bond acceptors (Lipinski definition) is 4. The molecule has 2 N–H and O–H groups in total. The highest BCUT2D eigenvalue weighted by Gasteiger charge is 2.14. The second-order valence-corrected chi connectivity index (χ2v) is 6.46. The average molecular weight is 301 g/mol. The molecule has 0 aliphatic carbocycles. The Morgan fingerprint density at radius 2 is 1.90 bits per heavy atom. The van der Waals surface area contributed by atoms with Gasteiger partial charge in [-0.05, 0) is 30.5 Å². The van der Waals surface area contributed by atoms with E-state index in [4.69, 9.17) is 14.6 Å². The fourth-order valence-corrected chi connectivity index (χ4v) is 2.79. The van der Waals surface area contributed by atoms with Crippen molar-refractivity contribution in [1.29, 1.82) is 0 Å². The second-order valence-electron chi connectivity index (χ2n) is 4.80. The zero-order valence-electron chi connectivity index (χ0n) is 12.0. The standard InChI is InChI=1S/C14H23NO4S/c1-3-12(11-20(15,16)17)10-19-14-6-4-13(5-7-14)8-9-18-2/h4-7,12H,3,8-11H2,1-2H3,(H2,15,16,17). The van der Waals surface area contributed by atoms with Gasteiger partial charge in [-0.1, -0.05) is 19.1 Å². The van der Waals surface area contributed by atoms with Gasteiger partial charge in [0.1, 0.15) is 5.75 Å². The van der Waals surface area contributed by atoms with Crippen LogP contribution in [0, 0.1) is 5.92 Å². The Morgan fingerprint density at radius 1 is 1.25 bits per heavy atom. The Bertz CT molecular complexity index is 484. The molecule has 0 bridgehead atoms. The van der Waals surface area contributed by atoms with E-state index in [0.717, 1.165) is 12.2 Å². The van der Waals surface area contributed by atoms with E-state index in [2.05, 4.69) is 0 Å². The maximum atomic E-state index is 11.1. The summed E-state index contributed by atoms with van der Waals surface area (Å²) in [6.45, 7) is 2.96. The van der Waals surface area contributed by atoms with Gasteiger partial charge in [-0.3, -0.25) is 0 Å².